The predicted molar refractivity (Wildman–Crippen MR) is 59.8 cm³/mol. The van der Waals surface area contributed by atoms with Gasteiger partial charge in [0.2, 0.25) is 0 Å². The van der Waals surface area contributed by atoms with Crippen LogP contribution in [0.2, 0.25) is 0 Å². The monoisotopic (exact) mass is 178 g/mol. The summed E-state index contributed by atoms with van der Waals surface area (Å²) < 4.78 is 0. The maximum absolute atomic E-state index is 2.41. The van der Waals surface area contributed by atoms with E-state index in [9.17, 15) is 0 Å². The smallest absolute Gasteiger partial charge is 0.00555 e. The molecule has 0 aromatic rings. The largest absolute Gasteiger partial charge is 0.0804 e. The molecule has 0 fully saturated rings. The maximum Gasteiger partial charge on any atom is -0.00555 e. The van der Waals surface area contributed by atoms with Crippen LogP contribution in [0.4, 0.5) is 0 Å². The van der Waals surface area contributed by atoms with Crippen LogP contribution in [0.3, 0.4) is 0 Å². The van der Waals surface area contributed by atoms with Gasteiger partial charge in [0.15, 0.2) is 0 Å². The van der Waals surface area contributed by atoms with Gasteiger partial charge in [-0.25, -0.2) is 0 Å². The average Bonchev–Trinajstić information content (AvgIpc) is 2.68. The summed E-state index contributed by atoms with van der Waals surface area (Å²) in [6.07, 6.45) is 13.4. The number of allylic oxidation sites excluding steroid dienone is 4. The second-order valence-corrected chi connectivity index (χ2v) is 4.03. The Hall–Kier alpha value is -0.520. The van der Waals surface area contributed by atoms with Gasteiger partial charge in [0.05, 0.1) is 0 Å². The van der Waals surface area contributed by atoms with Crippen molar-refractivity contribution in [2.24, 2.45) is 5.41 Å². The molecule has 0 aromatic carbocycles. The summed E-state index contributed by atoms with van der Waals surface area (Å²) in [5, 5.41) is 0. The van der Waals surface area contributed by atoms with Crippen molar-refractivity contribution in [3.05, 3.63) is 23.8 Å². The van der Waals surface area contributed by atoms with Gasteiger partial charge in [0.25, 0.3) is 0 Å². The molecule has 0 bridgehead atoms. The lowest BCUT2D eigenvalue weighted by Gasteiger charge is -2.32. The Morgan fingerprint density at radius 2 is 1.92 bits per heavy atom. The normalized spacial score (nSPS) is 16.4. The zero-order chi connectivity index (χ0) is 9.73. The lowest BCUT2D eigenvalue weighted by Crippen LogP contribution is -2.20. The average molecular weight is 178 g/mol. The fourth-order valence-electron chi connectivity index (χ4n) is 2.49. The second kappa shape index (κ2) is 4.64. The Bertz CT molecular complexity index is 204. The maximum atomic E-state index is 2.41. The highest BCUT2D eigenvalue weighted by Gasteiger charge is 2.28. The summed E-state index contributed by atoms with van der Waals surface area (Å²) in [6.45, 7) is 6.94. The number of rotatable bonds is 5. The van der Waals surface area contributed by atoms with Crippen LogP contribution in [0.5, 0.6) is 0 Å². The SMILES string of the molecule is CCCC(CC)(CC)C1=CCC=C1. The first-order chi connectivity index (χ1) is 6.29. The fourth-order valence-corrected chi connectivity index (χ4v) is 2.49. The van der Waals surface area contributed by atoms with Crippen molar-refractivity contribution in [1.82, 2.24) is 0 Å². The van der Waals surface area contributed by atoms with Crippen LogP contribution in [0, 0.1) is 5.41 Å². The Morgan fingerprint density at radius 1 is 1.23 bits per heavy atom. The molecule has 1 aliphatic rings. The molecule has 0 nitrogen and oxygen atoms in total. The summed E-state index contributed by atoms with van der Waals surface area (Å²) in [5.41, 5.74) is 2.08. The van der Waals surface area contributed by atoms with Gasteiger partial charge in [-0.3, -0.25) is 0 Å². The molecule has 0 amide bonds. The van der Waals surface area contributed by atoms with Gasteiger partial charge in [0, 0.05) is 0 Å². The molecule has 1 rings (SSSR count). The van der Waals surface area contributed by atoms with Gasteiger partial charge >= 0.3 is 0 Å². The van der Waals surface area contributed by atoms with Gasteiger partial charge < -0.3 is 0 Å². The van der Waals surface area contributed by atoms with Gasteiger partial charge in [0.1, 0.15) is 0 Å². The molecule has 0 atom stereocenters. The minimum absolute atomic E-state index is 0.488. The van der Waals surface area contributed by atoms with Crippen molar-refractivity contribution in [3.8, 4) is 0 Å². The highest BCUT2D eigenvalue weighted by molar-refractivity contribution is 5.32. The Labute approximate surface area is 82.7 Å². The predicted octanol–water partition coefficient (Wildman–Crippen LogP) is 4.48. The van der Waals surface area contributed by atoms with E-state index in [-0.39, 0.29) is 0 Å². The van der Waals surface area contributed by atoms with E-state index in [1.807, 2.05) is 0 Å². The third kappa shape index (κ3) is 2.04. The summed E-state index contributed by atoms with van der Waals surface area (Å²) in [5.74, 6) is 0. The van der Waals surface area contributed by atoms with Gasteiger partial charge in [-0.2, -0.15) is 0 Å². The van der Waals surface area contributed by atoms with Crippen LogP contribution < -0.4 is 0 Å². The van der Waals surface area contributed by atoms with Crippen LogP contribution in [-0.2, 0) is 0 Å². The van der Waals surface area contributed by atoms with Crippen LogP contribution in [-0.4, -0.2) is 0 Å². The topological polar surface area (TPSA) is 0 Å². The zero-order valence-electron chi connectivity index (χ0n) is 9.27. The van der Waals surface area contributed by atoms with Crippen LogP contribution in [0.15, 0.2) is 23.8 Å². The summed E-state index contributed by atoms with van der Waals surface area (Å²) in [4.78, 5) is 0. The lowest BCUT2D eigenvalue weighted by atomic mass is 9.72. The van der Waals surface area contributed by atoms with Crippen LogP contribution in [0.25, 0.3) is 0 Å². The van der Waals surface area contributed by atoms with Gasteiger partial charge in [-0.15, -0.1) is 0 Å². The second-order valence-electron chi connectivity index (χ2n) is 4.03. The van der Waals surface area contributed by atoms with E-state index in [1.165, 1.54) is 25.7 Å². The van der Waals surface area contributed by atoms with E-state index in [0.29, 0.717) is 5.41 Å². The lowest BCUT2D eigenvalue weighted by molar-refractivity contribution is 0.305. The molecular formula is C13H22. The zero-order valence-corrected chi connectivity index (χ0v) is 9.27. The molecule has 0 unspecified atom stereocenters. The van der Waals surface area contributed by atoms with Gasteiger partial charge in [-0.05, 0) is 36.7 Å². The van der Waals surface area contributed by atoms with Gasteiger partial charge in [-0.1, -0.05) is 45.4 Å². The number of hydrogen-bond donors (Lipinski definition) is 0. The molecule has 0 saturated carbocycles. The standard InChI is InChI=1S/C13H22/c1-4-11-13(5-2,6-3)12-9-7-8-10-12/h7,9-10H,4-6,8,11H2,1-3H3. The number of hydrogen-bond acceptors (Lipinski definition) is 0. The van der Waals surface area contributed by atoms with E-state index >= 15 is 0 Å². The van der Waals surface area contributed by atoms with Crippen molar-refractivity contribution >= 4 is 0 Å². The molecule has 0 heterocycles. The van der Waals surface area contributed by atoms with Crippen LogP contribution in [0.1, 0.15) is 52.9 Å². The molecule has 1 aliphatic carbocycles. The molecule has 0 heteroatoms. The molecule has 0 saturated heterocycles. The van der Waals surface area contributed by atoms with E-state index in [0.717, 1.165) is 6.42 Å². The summed E-state index contributed by atoms with van der Waals surface area (Å²) >= 11 is 0. The summed E-state index contributed by atoms with van der Waals surface area (Å²) in [6, 6.07) is 0. The van der Waals surface area contributed by atoms with Crippen LogP contribution >= 0.6 is 0 Å². The third-order valence-electron chi connectivity index (χ3n) is 3.47. The summed E-state index contributed by atoms with van der Waals surface area (Å²) in [7, 11) is 0. The molecule has 0 N–H and O–H groups in total. The van der Waals surface area contributed by atoms with E-state index in [4.69, 9.17) is 0 Å². The van der Waals surface area contributed by atoms with E-state index in [2.05, 4.69) is 39.0 Å². The Kier molecular flexibility index (Phi) is 3.77. The molecule has 13 heavy (non-hydrogen) atoms. The van der Waals surface area contributed by atoms with E-state index < -0.39 is 0 Å². The Morgan fingerprint density at radius 3 is 2.31 bits per heavy atom. The highest BCUT2D eigenvalue weighted by atomic mass is 14.3. The molecule has 0 aromatic heterocycles. The molecule has 74 valence electrons. The molecule has 0 spiro atoms. The van der Waals surface area contributed by atoms with Crippen molar-refractivity contribution in [2.75, 3.05) is 0 Å². The van der Waals surface area contributed by atoms with Crippen molar-refractivity contribution in [3.63, 3.8) is 0 Å². The quantitative estimate of drug-likeness (QED) is 0.582. The molecule has 0 aliphatic heterocycles. The first-order valence-corrected chi connectivity index (χ1v) is 5.66. The van der Waals surface area contributed by atoms with Crippen molar-refractivity contribution in [1.29, 1.82) is 0 Å². The fraction of sp³-hybridized carbons (Fsp3) is 0.692. The minimum Gasteiger partial charge on any atom is -0.0804 e. The molecule has 0 radical (unpaired) electrons. The van der Waals surface area contributed by atoms with Crippen molar-refractivity contribution < 1.29 is 0 Å². The third-order valence-corrected chi connectivity index (χ3v) is 3.47. The van der Waals surface area contributed by atoms with Crippen molar-refractivity contribution in [2.45, 2.75) is 52.9 Å². The minimum atomic E-state index is 0.488. The highest BCUT2D eigenvalue weighted by Crippen LogP contribution is 2.41. The Balaban J connectivity index is 2.81. The first-order valence-electron chi connectivity index (χ1n) is 5.66. The van der Waals surface area contributed by atoms with E-state index in [1.54, 1.807) is 5.57 Å². The first kappa shape index (κ1) is 10.6. The molecular weight excluding hydrogens is 156 g/mol.